The zero-order valence-electron chi connectivity index (χ0n) is 7.44. The van der Waals surface area contributed by atoms with Gasteiger partial charge in [-0.25, -0.2) is 4.98 Å². The first-order valence-corrected chi connectivity index (χ1v) is 4.46. The van der Waals surface area contributed by atoms with E-state index in [9.17, 15) is 0 Å². The van der Waals surface area contributed by atoms with Gasteiger partial charge >= 0.3 is 0 Å². The lowest BCUT2D eigenvalue weighted by molar-refractivity contribution is 1.32. The average molecular weight is 179 g/mol. The van der Waals surface area contributed by atoms with Crippen molar-refractivity contribution in [2.75, 3.05) is 0 Å². The molecule has 65 valence electrons. The minimum Gasteiger partial charge on any atom is -0.252 e. The Morgan fingerprint density at radius 2 is 1.93 bits per heavy atom. The summed E-state index contributed by atoms with van der Waals surface area (Å²) in [5.41, 5.74) is 1.82. The maximum absolute atomic E-state index is 4.46. The summed E-state index contributed by atoms with van der Waals surface area (Å²) >= 11 is 0. The second kappa shape index (κ2) is 2.77. The molecule has 0 saturated carbocycles. The largest absolute Gasteiger partial charge is 0.252 e. The van der Waals surface area contributed by atoms with Gasteiger partial charge in [-0.1, -0.05) is 18.2 Å². The van der Waals surface area contributed by atoms with Gasteiger partial charge < -0.3 is 0 Å². The molecule has 0 unspecified atom stereocenters. The quantitative estimate of drug-likeness (QED) is 0.496. The van der Waals surface area contributed by atoms with Gasteiger partial charge in [-0.3, -0.25) is 4.98 Å². The fourth-order valence-corrected chi connectivity index (χ4v) is 1.56. The van der Waals surface area contributed by atoms with Crippen molar-refractivity contribution in [1.29, 1.82) is 0 Å². The molecule has 0 aliphatic carbocycles. The molecule has 0 aliphatic rings. The van der Waals surface area contributed by atoms with Crippen molar-refractivity contribution in [2.24, 2.45) is 0 Å². The number of hydrogen-bond acceptors (Lipinski definition) is 2. The van der Waals surface area contributed by atoms with E-state index in [0.717, 1.165) is 21.8 Å². The maximum atomic E-state index is 4.46. The molecule has 0 amide bonds. The summed E-state index contributed by atoms with van der Waals surface area (Å²) in [6.45, 7) is 0. The summed E-state index contributed by atoms with van der Waals surface area (Å²) in [6, 6.07) is 12.1. The third-order valence-corrected chi connectivity index (χ3v) is 2.25. The highest BCUT2D eigenvalue weighted by molar-refractivity contribution is 5.91. The Morgan fingerprint density at radius 1 is 1.00 bits per heavy atom. The molecule has 1 aromatic carbocycles. The van der Waals surface area contributed by atoms with Crippen LogP contribution in [0.1, 0.15) is 0 Å². The van der Waals surface area contributed by atoms with Crippen molar-refractivity contribution < 1.29 is 0 Å². The van der Waals surface area contributed by atoms with Crippen LogP contribution < -0.4 is 0 Å². The van der Waals surface area contributed by atoms with Crippen molar-refractivity contribution in [1.82, 2.24) is 9.97 Å². The molecule has 0 atom stereocenters. The first kappa shape index (κ1) is 7.44. The van der Waals surface area contributed by atoms with Gasteiger partial charge in [0.15, 0.2) is 0 Å². The molecule has 3 rings (SSSR count). The normalized spacial score (nSPS) is 10.9. The zero-order valence-corrected chi connectivity index (χ0v) is 7.44. The van der Waals surface area contributed by atoms with E-state index in [1.807, 2.05) is 24.3 Å². The molecule has 0 spiro atoms. The Balaban J connectivity index is 2.52. The van der Waals surface area contributed by atoms with Crippen molar-refractivity contribution in [3.63, 3.8) is 0 Å². The number of rotatable bonds is 0. The van der Waals surface area contributed by atoms with Crippen LogP contribution in [0.15, 0.2) is 42.6 Å². The van der Waals surface area contributed by atoms with Crippen molar-refractivity contribution >= 4 is 21.8 Å². The molecule has 14 heavy (non-hydrogen) atoms. The number of nitrogens with zero attached hydrogens (tertiary/aromatic N) is 2. The highest BCUT2D eigenvalue weighted by Crippen LogP contribution is 2.17. The first-order valence-electron chi connectivity index (χ1n) is 4.46. The number of fused-ring (bicyclic) bond motifs is 2. The summed E-state index contributed by atoms with van der Waals surface area (Å²) in [4.78, 5) is 8.39. The number of para-hydroxylation sites is 1. The van der Waals surface area contributed by atoms with Gasteiger partial charge in [0.25, 0.3) is 0 Å². The van der Waals surface area contributed by atoms with E-state index >= 15 is 0 Å². The average Bonchev–Trinajstić information content (AvgIpc) is 2.26. The summed E-state index contributed by atoms with van der Waals surface area (Å²) in [5.74, 6) is 0. The molecule has 0 fully saturated rings. The molecule has 0 bridgehead atoms. The Morgan fingerprint density at radius 3 is 2.93 bits per heavy atom. The monoisotopic (exact) mass is 179 g/mol. The van der Waals surface area contributed by atoms with E-state index in [1.165, 1.54) is 0 Å². The van der Waals surface area contributed by atoms with Crippen LogP contribution in [0.3, 0.4) is 0 Å². The predicted molar refractivity (Wildman–Crippen MR) is 55.9 cm³/mol. The van der Waals surface area contributed by atoms with Crippen LogP contribution in [0.25, 0.3) is 21.8 Å². The number of hydrogen-bond donors (Lipinski definition) is 0. The van der Waals surface area contributed by atoms with Crippen LogP contribution in [0.2, 0.25) is 0 Å². The SMILES string of the molecule is [c]1nccc2cc3ccccc3nc12. The minimum atomic E-state index is 0.825. The lowest BCUT2D eigenvalue weighted by atomic mass is 10.1. The smallest absolute Gasteiger partial charge is 0.117 e. The molecule has 0 N–H and O–H groups in total. The second-order valence-electron chi connectivity index (χ2n) is 3.18. The Kier molecular flexibility index (Phi) is 1.47. The van der Waals surface area contributed by atoms with Crippen molar-refractivity contribution in [3.8, 4) is 0 Å². The van der Waals surface area contributed by atoms with Crippen LogP contribution in [-0.4, -0.2) is 9.97 Å². The van der Waals surface area contributed by atoms with Crippen LogP contribution in [0.4, 0.5) is 0 Å². The Labute approximate surface area is 81.2 Å². The lowest BCUT2D eigenvalue weighted by Crippen LogP contribution is -1.82. The van der Waals surface area contributed by atoms with Gasteiger partial charge in [-0.15, -0.1) is 0 Å². The molecule has 2 heteroatoms. The van der Waals surface area contributed by atoms with E-state index in [-0.39, 0.29) is 0 Å². The maximum Gasteiger partial charge on any atom is 0.117 e. The van der Waals surface area contributed by atoms with E-state index in [4.69, 9.17) is 0 Å². The standard InChI is InChI=1S/C12H7N2/c1-2-4-11-9(3-1)7-10-5-6-13-8-12(10)14-11/h1-7H. The van der Waals surface area contributed by atoms with Gasteiger partial charge in [0.05, 0.1) is 11.0 Å². The third-order valence-electron chi connectivity index (χ3n) is 2.25. The first-order chi connectivity index (χ1) is 6.93. The molecular formula is C12H7N2. The zero-order chi connectivity index (χ0) is 9.38. The topological polar surface area (TPSA) is 25.8 Å². The number of pyridine rings is 2. The van der Waals surface area contributed by atoms with E-state index < -0.39 is 0 Å². The Hall–Kier alpha value is -1.96. The van der Waals surface area contributed by atoms with Gasteiger partial charge in [-0.05, 0) is 18.2 Å². The fraction of sp³-hybridized carbons (Fsp3) is 0. The molecule has 0 saturated heterocycles. The summed E-state index contributed by atoms with van der Waals surface area (Å²) < 4.78 is 0. The van der Waals surface area contributed by atoms with Crippen molar-refractivity contribution in [2.45, 2.75) is 0 Å². The van der Waals surface area contributed by atoms with E-state index in [0.29, 0.717) is 0 Å². The molecule has 2 aromatic heterocycles. The van der Waals surface area contributed by atoms with Crippen LogP contribution in [0, 0.1) is 6.20 Å². The summed E-state index contributed by atoms with van der Waals surface area (Å²) in [6.07, 6.45) is 4.62. The highest BCUT2D eigenvalue weighted by Gasteiger charge is 1.97. The van der Waals surface area contributed by atoms with E-state index in [1.54, 1.807) is 6.20 Å². The molecule has 3 aromatic rings. The minimum absolute atomic E-state index is 0.825. The third kappa shape index (κ3) is 1.04. The van der Waals surface area contributed by atoms with Gasteiger partial charge in [0.1, 0.15) is 6.20 Å². The molecular weight excluding hydrogens is 172 g/mol. The summed E-state index contributed by atoms with van der Waals surface area (Å²) in [7, 11) is 0. The van der Waals surface area contributed by atoms with Crippen LogP contribution >= 0.6 is 0 Å². The molecule has 0 aliphatic heterocycles. The van der Waals surface area contributed by atoms with E-state index in [2.05, 4.69) is 28.3 Å². The highest BCUT2D eigenvalue weighted by atomic mass is 14.7. The number of aromatic nitrogens is 2. The molecule has 2 heterocycles. The van der Waals surface area contributed by atoms with Crippen molar-refractivity contribution in [3.05, 3.63) is 48.8 Å². The second-order valence-corrected chi connectivity index (χ2v) is 3.18. The fourth-order valence-electron chi connectivity index (χ4n) is 1.56. The van der Waals surface area contributed by atoms with Gasteiger partial charge in [-0.2, -0.15) is 0 Å². The van der Waals surface area contributed by atoms with Gasteiger partial charge in [0.2, 0.25) is 0 Å². The number of benzene rings is 1. The Bertz CT molecular complexity index is 497. The lowest BCUT2D eigenvalue weighted by Gasteiger charge is -1.99. The predicted octanol–water partition coefficient (Wildman–Crippen LogP) is 2.58. The van der Waals surface area contributed by atoms with Gasteiger partial charge in [0, 0.05) is 17.0 Å². The summed E-state index contributed by atoms with van der Waals surface area (Å²) in [5, 5.41) is 2.23. The molecule has 1 radical (unpaired) electrons. The van der Waals surface area contributed by atoms with Crippen LogP contribution in [-0.2, 0) is 0 Å². The van der Waals surface area contributed by atoms with Crippen LogP contribution in [0.5, 0.6) is 0 Å². The molecule has 2 nitrogen and oxygen atoms in total.